The highest BCUT2D eigenvalue weighted by atomic mass is 32.1. The summed E-state index contributed by atoms with van der Waals surface area (Å²) in [5, 5.41) is 8.21. The Labute approximate surface area is 120 Å². The lowest BCUT2D eigenvalue weighted by molar-refractivity contribution is 0.572. The zero-order valence-electron chi connectivity index (χ0n) is 12.1. The van der Waals surface area contributed by atoms with Crippen molar-refractivity contribution in [1.82, 2.24) is 10.3 Å². The summed E-state index contributed by atoms with van der Waals surface area (Å²) in [5.41, 5.74) is 1.34. The van der Waals surface area contributed by atoms with Crippen molar-refractivity contribution in [2.45, 2.75) is 39.2 Å². The number of benzene rings is 1. The summed E-state index contributed by atoms with van der Waals surface area (Å²) in [6.07, 6.45) is 1.86. The van der Waals surface area contributed by atoms with Gasteiger partial charge in [-0.05, 0) is 12.5 Å². The molecule has 0 aliphatic carbocycles. The average molecular weight is 291 g/mol. The number of hydrogen-bond acceptors (Lipinski definition) is 3. The highest BCUT2D eigenvalue weighted by Crippen LogP contribution is 2.15. The number of nitrogens with one attached hydrogen (secondary N) is 1. The molecule has 4 heteroatoms. The van der Waals surface area contributed by atoms with Gasteiger partial charge in [0.15, 0.2) is 0 Å². The fourth-order valence-electron chi connectivity index (χ4n) is 1.93. The molecule has 2 nitrogen and oxygen atoms in total. The maximum absolute atomic E-state index is 4.34. The van der Waals surface area contributed by atoms with Crippen molar-refractivity contribution in [2.75, 3.05) is 0 Å². The van der Waals surface area contributed by atoms with Gasteiger partial charge >= 0.3 is 0 Å². The molecule has 0 aliphatic heterocycles. The zero-order valence-corrected chi connectivity index (χ0v) is 13.9. The number of hydrogen-bond donors (Lipinski definition) is 1. The molecule has 1 aromatic heterocycles. The first-order chi connectivity index (χ1) is 8.97. The minimum atomic E-state index is -1.17. The fourth-order valence-corrected chi connectivity index (χ4v) is 3.77. The molecule has 0 fully saturated rings. The van der Waals surface area contributed by atoms with E-state index in [0.29, 0.717) is 6.04 Å². The van der Waals surface area contributed by atoms with E-state index in [1.807, 2.05) is 11.6 Å². The molecule has 0 aliphatic rings. The van der Waals surface area contributed by atoms with E-state index in [1.54, 1.807) is 11.3 Å². The molecular formula is C15H22N2SSi. The second-order valence-corrected chi connectivity index (χ2v) is 11.9. The van der Waals surface area contributed by atoms with Gasteiger partial charge in [-0.2, -0.15) is 0 Å². The van der Waals surface area contributed by atoms with Crippen LogP contribution >= 0.6 is 11.3 Å². The lowest BCUT2D eigenvalue weighted by Gasteiger charge is -2.17. The smallest absolute Gasteiger partial charge is 0.109 e. The number of aromatic nitrogens is 1. The first-order valence-corrected chi connectivity index (χ1v) is 11.1. The lowest BCUT2D eigenvalue weighted by atomic mass is 10.2. The summed E-state index contributed by atoms with van der Waals surface area (Å²) in [6, 6.07) is 9.38. The molecule has 0 saturated heterocycles. The van der Waals surface area contributed by atoms with Gasteiger partial charge in [0, 0.05) is 18.1 Å². The Morgan fingerprint density at radius 3 is 2.42 bits per heavy atom. The first kappa shape index (κ1) is 14.4. The van der Waals surface area contributed by atoms with Crippen LogP contribution in [0.2, 0.25) is 19.6 Å². The zero-order chi connectivity index (χ0) is 13.9. The first-order valence-electron chi connectivity index (χ1n) is 6.69. The Morgan fingerprint density at radius 2 is 1.89 bits per heavy atom. The van der Waals surface area contributed by atoms with Crippen LogP contribution < -0.4 is 10.5 Å². The standard InChI is InChI=1S/C15H22N2SSi/c1-12(15-16-9-10-18-15)17-11-13-5-7-14(8-6-13)19(2,3)4/h5-10,12,17H,11H2,1-4H3. The van der Waals surface area contributed by atoms with Crippen LogP contribution in [0.1, 0.15) is 23.5 Å². The van der Waals surface area contributed by atoms with Gasteiger partial charge in [-0.1, -0.05) is 49.1 Å². The summed E-state index contributed by atoms with van der Waals surface area (Å²) in [4.78, 5) is 4.34. The lowest BCUT2D eigenvalue weighted by Crippen LogP contribution is -2.37. The van der Waals surface area contributed by atoms with Crippen LogP contribution in [-0.4, -0.2) is 13.1 Å². The Kier molecular flexibility index (Phi) is 4.55. The number of thiazole rings is 1. The van der Waals surface area contributed by atoms with Crippen molar-refractivity contribution in [2.24, 2.45) is 0 Å². The van der Waals surface area contributed by atoms with Crippen LogP contribution in [-0.2, 0) is 6.54 Å². The molecule has 0 amide bonds. The Balaban J connectivity index is 1.93. The molecule has 2 aromatic rings. The number of nitrogens with zero attached hydrogens (tertiary/aromatic N) is 1. The molecule has 0 saturated carbocycles. The molecule has 1 heterocycles. The van der Waals surface area contributed by atoms with E-state index in [9.17, 15) is 0 Å². The maximum atomic E-state index is 4.34. The second-order valence-electron chi connectivity index (χ2n) is 5.92. The van der Waals surface area contributed by atoms with E-state index in [2.05, 4.69) is 61.1 Å². The van der Waals surface area contributed by atoms with Gasteiger partial charge in [0.1, 0.15) is 5.01 Å². The van der Waals surface area contributed by atoms with E-state index in [-0.39, 0.29) is 0 Å². The Hall–Kier alpha value is -0.973. The Morgan fingerprint density at radius 1 is 1.21 bits per heavy atom. The van der Waals surface area contributed by atoms with Crippen LogP contribution in [0.3, 0.4) is 0 Å². The van der Waals surface area contributed by atoms with E-state index < -0.39 is 8.07 Å². The van der Waals surface area contributed by atoms with Crippen LogP contribution in [0.4, 0.5) is 0 Å². The Bertz CT molecular complexity index is 500. The van der Waals surface area contributed by atoms with Gasteiger partial charge in [-0.25, -0.2) is 4.98 Å². The minimum Gasteiger partial charge on any atom is -0.304 e. The molecule has 102 valence electrons. The molecular weight excluding hydrogens is 268 g/mol. The predicted molar refractivity (Wildman–Crippen MR) is 86.8 cm³/mol. The normalized spacial score (nSPS) is 13.5. The van der Waals surface area contributed by atoms with Crippen LogP contribution in [0, 0.1) is 0 Å². The average Bonchev–Trinajstić information content (AvgIpc) is 2.89. The third-order valence-electron chi connectivity index (χ3n) is 3.25. The largest absolute Gasteiger partial charge is 0.304 e. The molecule has 1 atom stereocenters. The van der Waals surface area contributed by atoms with Crippen molar-refractivity contribution in [1.29, 1.82) is 0 Å². The molecule has 2 rings (SSSR count). The summed E-state index contributed by atoms with van der Waals surface area (Å²) >= 11 is 1.70. The molecule has 0 bridgehead atoms. The summed E-state index contributed by atoms with van der Waals surface area (Å²) in [7, 11) is -1.17. The molecule has 1 N–H and O–H groups in total. The van der Waals surface area contributed by atoms with Gasteiger partial charge in [0.2, 0.25) is 0 Å². The van der Waals surface area contributed by atoms with Crippen molar-refractivity contribution in [3.05, 3.63) is 46.4 Å². The van der Waals surface area contributed by atoms with Crippen LogP contribution in [0.25, 0.3) is 0 Å². The molecule has 19 heavy (non-hydrogen) atoms. The molecule has 0 spiro atoms. The molecule has 1 unspecified atom stereocenters. The van der Waals surface area contributed by atoms with Gasteiger partial charge < -0.3 is 5.32 Å². The SMILES string of the molecule is CC(NCc1ccc([Si](C)(C)C)cc1)c1nccs1. The predicted octanol–water partition coefficient (Wildman–Crippen LogP) is 3.54. The van der Waals surface area contributed by atoms with E-state index in [0.717, 1.165) is 11.6 Å². The van der Waals surface area contributed by atoms with E-state index >= 15 is 0 Å². The topological polar surface area (TPSA) is 24.9 Å². The number of rotatable bonds is 5. The van der Waals surface area contributed by atoms with Crippen molar-refractivity contribution in [3.8, 4) is 0 Å². The van der Waals surface area contributed by atoms with Gasteiger partial charge in [0.25, 0.3) is 0 Å². The second kappa shape index (κ2) is 5.99. The maximum Gasteiger partial charge on any atom is 0.109 e. The van der Waals surface area contributed by atoms with Gasteiger partial charge in [0.05, 0.1) is 14.1 Å². The summed E-state index contributed by atoms with van der Waals surface area (Å²) in [6.45, 7) is 10.2. The summed E-state index contributed by atoms with van der Waals surface area (Å²) in [5.74, 6) is 0. The van der Waals surface area contributed by atoms with Gasteiger partial charge in [-0.15, -0.1) is 11.3 Å². The van der Waals surface area contributed by atoms with Gasteiger partial charge in [-0.3, -0.25) is 0 Å². The van der Waals surface area contributed by atoms with Crippen LogP contribution in [0.5, 0.6) is 0 Å². The highest BCUT2D eigenvalue weighted by Gasteiger charge is 2.15. The quantitative estimate of drug-likeness (QED) is 0.852. The summed E-state index contributed by atoms with van der Waals surface area (Å²) < 4.78 is 0. The minimum absolute atomic E-state index is 0.316. The van der Waals surface area contributed by atoms with Crippen molar-refractivity contribution in [3.63, 3.8) is 0 Å². The van der Waals surface area contributed by atoms with E-state index in [4.69, 9.17) is 0 Å². The van der Waals surface area contributed by atoms with Crippen molar-refractivity contribution >= 4 is 24.6 Å². The van der Waals surface area contributed by atoms with E-state index in [1.165, 1.54) is 10.8 Å². The van der Waals surface area contributed by atoms with Crippen LogP contribution in [0.15, 0.2) is 35.8 Å². The highest BCUT2D eigenvalue weighted by molar-refractivity contribution is 7.09. The van der Waals surface area contributed by atoms with Crippen molar-refractivity contribution < 1.29 is 0 Å². The third-order valence-corrected chi connectivity index (χ3v) is 6.28. The molecule has 1 aromatic carbocycles. The third kappa shape index (κ3) is 3.99. The monoisotopic (exact) mass is 290 g/mol. The molecule has 0 radical (unpaired) electrons. The fraction of sp³-hybridized carbons (Fsp3) is 0.400.